The summed E-state index contributed by atoms with van der Waals surface area (Å²) in [6.07, 6.45) is 2.36. The first kappa shape index (κ1) is 22.7. The van der Waals surface area contributed by atoms with Crippen LogP contribution in [-0.2, 0) is 24.6 Å². The minimum Gasteiger partial charge on any atom is -0.377 e. The van der Waals surface area contributed by atoms with Crippen LogP contribution in [0, 0.1) is 0 Å². The van der Waals surface area contributed by atoms with Gasteiger partial charge in [-0.1, -0.05) is 0 Å². The first-order chi connectivity index (χ1) is 14.7. The van der Waals surface area contributed by atoms with Crippen LogP contribution in [0.2, 0.25) is 0 Å². The van der Waals surface area contributed by atoms with Gasteiger partial charge in [-0.05, 0) is 43.5 Å². The number of piperazine rings is 1. The predicted octanol–water partition coefficient (Wildman–Crippen LogP) is 0.0888. The van der Waals surface area contributed by atoms with Gasteiger partial charge in [0.1, 0.15) is 0 Å². The van der Waals surface area contributed by atoms with E-state index in [2.05, 4.69) is 9.62 Å². The Morgan fingerprint density at radius 1 is 1.10 bits per heavy atom. The zero-order valence-corrected chi connectivity index (χ0v) is 19.0. The van der Waals surface area contributed by atoms with E-state index in [0.29, 0.717) is 44.8 Å². The van der Waals surface area contributed by atoms with Crippen molar-refractivity contribution in [2.75, 3.05) is 50.8 Å². The van der Waals surface area contributed by atoms with E-state index in [0.717, 1.165) is 12.8 Å². The lowest BCUT2D eigenvalue weighted by molar-refractivity contribution is 0.0587. The summed E-state index contributed by atoms with van der Waals surface area (Å²) >= 11 is 0. The Hall–Kier alpha value is -1.53. The van der Waals surface area contributed by atoms with Crippen molar-refractivity contribution in [2.24, 2.45) is 0 Å². The lowest BCUT2D eigenvalue weighted by Gasteiger charge is -2.37. The molecule has 0 bridgehead atoms. The number of carbonyl (C=O) groups excluding carboxylic acids is 1. The molecule has 3 aliphatic heterocycles. The van der Waals surface area contributed by atoms with Crippen molar-refractivity contribution in [3.63, 3.8) is 0 Å². The maximum absolute atomic E-state index is 12.8. The maximum atomic E-state index is 12.8. The van der Waals surface area contributed by atoms with Gasteiger partial charge in [0.05, 0.1) is 22.5 Å². The summed E-state index contributed by atoms with van der Waals surface area (Å²) in [5.41, 5.74) is 0.440. The van der Waals surface area contributed by atoms with E-state index in [9.17, 15) is 21.6 Å². The second kappa shape index (κ2) is 9.14. The molecule has 0 spiro atoms. The van der Waals surface area contributed by atoms with Crippen LogP contribution >= 0.6 is 0 Å². The highest BCUT2D eigenvalue weighted by Gasteiger charge is 2.34. The van der Waals surface area contributed by atoms with Gasteiger partial charge in [0, 0.05) is 50.9 Å². The van der Waals surface area contributed by atoms with Gasteiger partial charge < -0.3 is 9.64 Å². The molecule has 3 saturated heterocycles. The van der Waals surface area contributed by atoms with E-state index < -0.39 is 19.9 Å². The molecule has 4 rings (SSSR count). The van der Waals surface area contributed by atoms with Crippen LogP contribution in [-0.4, -0.2) is 95.5 Å². The molecule has 9 nitrogen and oxygen atoms in total. The number of hydrogen-bond donors (Lipinski definition) is 1. The number of nitrogens with zero attached hydrogens (tertiary/aromatic N) is 2. The van der Waals surface area contributed by atoms with Crippen LogP contribution in [0.15, 0.2) is 29.2 Å². The molecule has 172 valence electrons. The van der Waals surface area contributed by atoms with Gasteiger partial charge in [-0.2, -0.15) is 0 Å². The molecule has 1 aromatic rings. The van der Waals surface area contributed by atoms with E-state index in [-0.39, 0.29) is 41.0 Å². The lowest BCUT2D eigenvalue weighted by Crippen LogP contribution is -2.52. The molecule has 0 saturated carbocycles. The minimum atomic E-state index is -3.65. The van der Waals surface area contributed by atoms with Crippen LogP contribution in [0.25, 0.3) is 0 Å². The highest BCUT2D eigenvalue weighted by molar-refractivity contribution is 7.91. The summed E-state index contributed by atoms with van der Waals surface area (Å²) in [6.45, 7) is 3.25. The first-order valence-electron chi connectivity index (χ1n) is 10.7. The predicted molar refractivity (Wildman–Crippen MR) is 115 cm³/mol. The molecule has 3 aliphatic rings. The number of hydrogen-bond acceptors (Lipinski definition) is 7. The SMILES string of the molecule is O=C(c1ccc(S(=O)(=O)NC[C@H]2CCCO2)cc1)N1CCN([C@@H]2CCS(=O)(=O)C2)CC1. The van der Waals surface area contributed by atoms with Gasteiger partial charge in [0.2, 0.25) is 10.0 Å². The molecular formula is C20H29N3O6S2. The summed E-state index contributed by atoms with van der Waals surface area (Å²) < 4.78 is 56.4. The van der Waals surface area contributed by atoms with Gasteiger partial charge in [0.25, 0.3) is 5.91 Å². The van der Waals surface area contributed by atoms with Gasteiger partial charge >= 0.3 is 0 Å². The second-order valence-electron chi connectivity index (χ2n) is 8.40. The van der Waals surface area contributed by atoms with Crippen molar-refractivity contribution in [3.05, 3.63) is 29.8 Å². The smallest absolute Gasteiger partial charge is 0.253 e. The molecule has 1 N–H and O–H groups in total. The van der Waals surface area contributed by atoms with Crippen molar-refractivity contribution in [1.82, 2.24) is 14.5 Å². The number of ether oxygens (including phenoxy) is 1. The van der Waals surface area contributed by atoms with E-state index in [1.807, 2.05) is 0 Å². The Labute approximate surface area is 183 Å². The van der Waals surface area contributed by atoms with Crippen molar-refractivity contribution < 1.29 is 26.4 Å². The topological polar surface area (TPSA) is 113 Å². The molecule has 0 aromatic heterocycles. The summed E-state index contributed by atoms with van der Waals surface area (Å²) in [5.74, 6) is 0.307. The van der Waals surface area contributed by atoms with Gasteiger partial charge in [-0.25, -0.2) is 21.6 Å². The molecule has 31 heavy (non-hydrogen) atoms. The summed E-state index contributed by atoms with van der Waals surface area (Å²) in [6, 6.07) is 6.03. The highest BCUT2D eigenvalue weighted by atomic mass is 32.2. The van der Waals surface area contributed by atoms with Crippen LogP contribution in [0.1, 0.15) is 29.6 Å². The monoisotopic (exact) mass is 471 g/mol. The first-order valence-corrected chi connectivity index (χ1v) is 14.0. The van der Waals surface area contributed by atoms with E-state index in [1.165, 1.54) is 12.1 Å². The number of carbonyl (C=O) groups is 1. The van der Waals surface area contributed by atoms with Crippen LogP contribution in [0.3, 0.4) is 0 Å². The Morgan fingerprint density at radius 3 is 2.39 bits per heavy atom. The minimum absolute atomic E-state index is 0.0499. The van der Waals surface area contributed by atoms with E-state index in [1.54, 1.807) is 17.0 Å². The molecular weight excluding hydrogens is 442 g/mol. The fraction of sp³-hybridized carbons (Fsp3) is 0.650. The van der Waals surface area contributed by atoms with E-state index in [4.69, 9.17) is 4.74 Å². The third-order valence-corrected chi connectivity index (χ3v) is 9.45. The van der Waals surface area contributed by atoms with Crippen LogP contribution < -0.4 is 4.72 Å². The number of sulfone groups is 1. The van der Waals surface area contributed by atoms with Crippen molar-refractivity contribution >= 4 is 25.8 Å². The molecule has 0 radical (unpaired) electrons. The third-order valence-electron chi connectivity index (χ3n) is 6.26. The molecule has 0 aliphatic carbocycles. The number of amides is 1. The number of sulfonamides is 1. The average Bonchev–Trinajstić information content (AvgIpc) is 3.41. The van der Waals surface area contributed by atoms with Gasteiger partial charge in [-0.3, -0.25) is 9.69 Å². The molecule has 11 heteroatoms. The van der Waals surface area contributed by atoms with Crippen molar-refractivity contribution in [2.45, 2.75) is 36.3 Å². The van der Waals surface area contributed by atoms with Crippen LogP contribution in [0.4, 0.5) is 0 Å². The molecule has 0 unspecified atom stereocenters. The number of benzene rings is 1. The fourth-order valence-corrected chi connectivity index (χ4v) is 7.23. The number of nitrogens with one attached hydrogen (secondary N) is 1. The lowest BCUT2D eigenvalue weighted by atomic mass is 10.1. The Bertz CT molecular complexity index is 996. The van der Waals surface area contributed by atoms with Crippen LogP contribution in [0.5, 0.6) is 0 Å². The summed E-state index contributed by atoms with van der Waals surface area (Å²) in [4.78, 5) is 16.8. The normalized spacial score (nSPS) is 26.9. The van der Waals surface area contributed by atoms with Crippen molar-refractivity contribution in [1.29, 1.82) is 0 Å². The Morgan fingerprint density at radius 2 is 1.81 bits per heavy atom. The van der Waals surface area contributed by atoms with Gasteiger partial charge in [0.15, 0.2) is 9.84 Å². The molecule has 3 heterocycles. The molecule has 3 fully saturated rings. The second-order valence-corrected chi connectivity index (χ2v) is 12.4. The average molecular weight is 472 g/mol. The quantitative estimate of drug-likeness (QED) is 0.626. The third kappa shape index (κ3) is 5.46. The van der Waals surface area contributed by atoms with Crippen molar-refractivity contribution in [3.8, 4) is 0 Å². The zero-order valence-electron chi connectivity index (χ0n) is 17.4. The summed E-state index contributed by atoms with van der Waals surface area (Å²) in [5, 5.41) is 0. The standard InChI is InChI=1S/C20H29N3O6S2/c24-20(23-10-8-22(9-11-23)17-7-13-30(25,26)15-17)16-3-5-19(6-4-16)31(27,28)21-14-18-2-1-12-29-18/h3-6,17-18,21H,1-2,7-15H2/t17-,18-/m1/s1. The molecule has 1 amide bonds. The highest BCUT2D eigenvalue weighted by Crippen LogP contribution is 2.20. The Balaban J connectivity index is 1.31. The molecule has 2 atom stereocenters. The largest absolute Gasteiger partial charge is 0.377 e. The maximum Gasteiger partial charge on any atom is 0.253 e. The summed E-state index contributed by atoms with van der Waals surface area (Å²) in [7, 11) is -6.58. The fourth-order valence-electron chi connectivity index (χ4n) is 4.40. The Kier molecular flexibility index (Phi) is 6.68. The zero-order chi connectivity index (χ0) is 22.1. The van der Waals surface area contributed by atoms with E-state index >= 15 is 0 Å². The van der Waals surface area contributed by atoms with Gasteiger partial charge in [-0.15, -0.1) is 0 Å². The molecule has 1 aromatic carbocycles. The number of rotatable bonds is 6.